The predicted molar refractivity (Wildman–Crippen MR) is 88.5 cm³/mol. The summed E-state index contributed by atoms with van der Waals surface area (Å²) in [5, 5.41) is 4.28. The smallest absolute Gasteiger partial charge is 0.0719 e. The van der Waals surface area contributed by atoms with E-state index in [4.69, 9.17) is 16.3 Å². The Kier molecular flexibility index (Phi) is 6.24. The van der Waals surface area contributed by atoms with Crippen LogP contribution < -0.4 is 5.32 Å². The first kappa shape index (κ1) is 16.0. The normalized spacial score (nSPS) is 10.8. The molecule has 0 saturated heterocycles. The van der Waals surface area contributed by atoms with Gasteiger partial charge in [0, 0.05) is 24.7 Å². The SMILES string of the molecule is CCOCc1ccccc1CNCc1ccc(C)cc1Cl. The maximum atomic E-state index is 6.25. The molecule has 0 heterocycles. The van der Waals surface area contributed by atoms with Gasteiger partial charge in [-0.1, -0.05) is 48.0 Å². The highest BCUT2D eigenvalue weighted by molar-refractivity contribution is 6.31. The van der Waals surface area contributed by atoms with E-state index in [-0.39, 0.29) is 0 Å². The molecule has 0 aliphatic carbocycles. The Morgan fingerprint density at radius 3 is 2.43 bits per heavy atom. The molecule has 112 valence electrons. The van der Waals surface area contributed by atoms with E-state index in [0.29, 0.717) is 6.61 Å². The molecule has 2 nitrogen and oxygen atoms in total. The van der Waals surface area contributed by atoms with Crippen molar-refractivity contribution in [2.45, 2.75) is 33.5 Å². The average molecular weight is 304 g/mol. The summed E-state index contributed by atoms with van der Waals surface area (Å²) in [5.74, 6) is 0. The predicted octanol–water partition coefficient (Wildman–Crippen LogP) is 4.47. The monoisotopic (exact) mass is 303 g/mol. The molecule has 1 N–H and O–H groups in total. The van der Waals surface area contributed by atoms with E-state index in [2.05, 4.69) is 41.7 Å². The van der Waals surface area contributed by atoms with Crippen molar-refractivity contribution in [3.05, 3.63) is 69.7 Å². The number of ether oxygens (including phenoxy) is 1. The topological polar surface area (TPSA) is 21.3 Å². The van der Waals surface area contributed by atoms with Gasteiger partial charge in [-0.05, 0) is 42.2 Å². The van der Waals surface area contributed by atoms with Crippen molar-refractivity contribution in [3.8, 4) is 0 Å². The van der Waals surface area contributed by atoms with Gasteiger partial charge in [0.05, 0.1) is 6.61 Å². The number of rotatable bonds is 7. The summed E-state index contributed by atoms with van der Waals surface area (Å²) in [7, 11) is 0. The van der Waals surface area contributed by atoms with Gasteiger partial charge < -0.3 is 10.1 Å². The molecule has 0 radical (unpaired) electrons. The van der Waals surface area contributed by atoms with Crippen LogP contribution in [-0.2, 0) is 24.4 Å². The van der Waals surface area contributed by atoms with Gasteiger partial charge in [0.2, 0.25) is 0 Å². The fraction of sp³-hybridized carbons (Fsp3) is 0.333. The van der Waals surface area contributed by atoms with Gasteiger partial charge in [-0.2, -0.15) is 0 Å². The van der Waals surface area contributed by atoms with Crippen molar-refractivity contribution in [1.29, 1.82) is 0 Å². The van der Waals surface area contributed by atoms with E-state index in [1.807, 2.05) is 19.9 Å². The van der Waals surface area contributed by atoms with Crippen LogP contribution in [0.2, 0.25) is 5.02 Å². The fourth-order valence-electron chi connectivity index (χ4n) is 2.21. The molecule has 0 aliphatic heterocycles. The summed E-state index contributed by atoms with van der Waals surface area (Å²) in [6.07, 6.45) is 0. The molecule has 0 fully saturated rings. The Hall–Kier alpha value is -1.35. The molecule has 0 aromatic heterocycles. The number of benzene rings is 2. The lowest BCUT2D eigenvalue weighted by molar-refractivity contribution is 0.133. The molecule has 0 atom stereocenters. The fourth-order valence-corrected chi connectivity index (χ4v) is 2.51. The molecular formula is C18H22ClNO. The van der Waals surface area contributed by atoms with E-state index in [0.717, 1.165) is 30.3 Å². The zero-order chi connectivity index (χ0) is 15.1. The van der Waals surface area contributed by atoms with Gasteiger partial charge in [-0.3, -0.25) is 0 Å². The van der Waals surface area contributed by atoms with Crippen molar-refractivity contribution in [1.82, 2.24) is 5.32 Å². The second kappa shape index (κ2) is 8.18. The molecule has 3 heteroatoms. The molecule has 2 aromatic carbocycles. The highest BCUT2D eigenvalue weighted by atomic mass is 35.5. The molecule has 0 saturated carbocycles. The molecule has 2 rings (SSSR count). The van der Waals surface area contributed by atoms with Crippen LogP contribution in [0.3, 0.4) is 0 Å². The van der Waals surface area contributed by atoms with Crippen LogP contribution in [0.15, 0.2) is 42.5 Å². The van der Waals surface area contributed by atoms with Crippen molar-refractivity contribution < 1.29 is 4.74 Å². The summed E-state index contributed by atoms with van der Waals surface area (Å²) in [4.78, 5) is 0. The van der Waals surface area contributed by atoms with Gasteiger partial charge >= 0.3 is 0 Å². The van der Waals surface area contributed by atoms with Crippen LogP contribution in [0.1, 0.15) is 29.2 Å². The zero-order valence-corrected chi connectivity index (χ0v) is 13.4. The highest BCUT2D eigenvalue weighted by Crippen LogP contribution is 2.17. The third-order valence-electron chi connectivity index (χ3n) is 3.42. The lowest BCUT2D eigenvalue weighted by Crippen LogP contribution is -2.14. The Labute approximate surface area is 132 Å². The van der Waals surface area contributed by atoms with E-state index < -0.39 is 0 Å². The maximum absolute atomic E-state index is 6.25. The molecule has 0 aliphatic rings. The minimum Gasteiger partial charge on any atom is -0.377 e. The average Bonchev–Trinajstić information content (AvgIpc) is 2.48. The Morgan fingerprint density at radius 1 is 1.00 bits per heavy atom. The van der Waals surface area contributed by atoms with Gasteiger partial charge in [0.15, 0.2) is 0 Å². The summed E-state index contributed by atoms with van der Waals surface area (Å²) < 4.78 is 5.51. The van der Waals surface area contributed by atoms with Crippen molar-refractivity contribution in [2.75, 3.05) is 6.61 Å². The van der Waals surface area contributed by atoms with E-state index >= 15 is 0 Å². The molecule has 0 amide bonds. The lowest BCUT2D eigenvalue weighted by Gasteiger charge is -2.11. The second-order valence-corrected chi connectivity index (χ2v) is 5.51. The van der Waals surface area contributed by atoms with Gasteiger partial charge in [0.25, 0.3) is 0 Å². The van der Waals surface area contributed by atoms with Gasteiger partial charge in [0.1, 0.15) is 0 Å². The Morgan fingerprint density at radius 2 is 1.71 bits per heavy atom. The van der Waals surface area contributed by atoms with Crippen molar-refractivity contribution in [3.63, 3.8) is 0 Å². The van der Waals surface area contributed by atoms with E-state index in [1.165, 1.54) is 16.7 Å². The number of hydrogen-bond acceptors (Lipinski definition) is 2. The number of hydrogen-bond donors (Lipinski definition) is 1. The first-order valence-corrected chi connectivity index (χ1v) is 7.68. The lowest BCUT2D eigenvalue weighted by atomic mass is 10.1. The molecular weight excluding hydrogens is 282 g/mol. The van der Waals surface area contributed by atoms with Gasteiger partial charge in [-0.15, -0.1) is 0 Å². The third-order valence-corrected chi connectivity index (χ3v) is 3.77. The number of aryl methyl sites for hydroxylation is 1. The molecule has 0 bridgehead atoms. The minimum atomic E-state index is 0.666. The van der Waals surface area contributed by atoms with Crippen LogP contribution in [0.5, 0.6) is 0 Å². The molecule has 0 spiro atoms. The number of halogens is 1. The minimum absolute atomic E-state index is 0.666. The van der Waals surface area contributed by atoms with Gasteiger partial charge in [-0.25, -0.2) is 0 Å². The Bertz CT molecular complexity index is 583. The summed E-state index contributed by atoms with van der Waals surface area (Å²) in [6, 6.07) is 14.5. The maximum Gasteiger partial charge on any atom is 0.0719 e. The van der Waals surface area contributed by atoms with Crippen LogP contribution in [0.4, 0.5) is 0 Å². The standard InChI is InChI=1S/C18H22ClNO/c1-3-21-13-17-7-5-4-6-15(17)11-20-12-16-9-8-14(2)10-18(16)19/h4-10,20H,3,11-13H2,1-2H3. The van der Waals surface area contributed by atoms with Crippen LogP contribution in [-0.4, -0.2) is 6.61 Å². The van der Waals surface area contributed by atoms with Crippen LogP contribution in [0.25, 0.3) is 0 Å². The largest absolute Gasteiger partial charge is 0.377 e. The first-order chi connectivity index (χ1) is 10.2. The highest BCUT2D eigenvalue weighted by Gasteiger charge is 2.03. The van der Waals surface area contributed by atoms with E-state index in [9.17, 15) is 0 Å². The second-order valence-electron chi connectivity index (χ2n) is 5.10. The van der Waals surface area contributed by atoms with Crippen LogP contribution >= 0.6 is 11.6 Å². The van der Waals surface area contributed by atoms with Crippen molar-refractivity contribution in [2.24, 2.45) is 0 Å². The molecule has 0 unspecified atom stereocenters. The number of nitrogens with one attached hydrogen (secondary N) is 1. The summed E-state index contributed by atoms with van der Waals surface area (Å²) in [5.41, 5.74) is 4.83. The zero-order valence-electron chi connectivity index (χ0n) is 12.7. The van der Waals surface area contributed by atoms with Crippen molar-refractivity contribution >= 4 is 11.6 Å². The summed E-state index contributed by atoms with van der Waals surface area (Å²) >= 11 is 6.25. The van der Waals surface area contributed by atoms with E-state index in [1.54, 1.807) is 0 Å². The third kappa shape index (κ3) is 4.85. The molecule has 21 heavy (non-hydrogen) atoms. The quantitative estimate of drug-likeness (QED) is 0.814. The first-order valence-electron chi connectivity index (χ1n) is 7.31. The summed E-state index contributed by atoms with van der Waals surface area (Å²) in [6.45, 7) is 7.04. The molecule has 2 aromatic rings. The Balaban J connectivity index is 1.94. The van der Waals surface area contributed by atoms with Crippen LogP contribution in [0, 0.1) is 6.92 Å².